The minimum absolute atomic E-state index is 0.0275. The van der Waals surface area contributed by atoms with Crippen LogP contribution in [0.3, 0.4) is 0 Å². The molecule has 1 aromatic carbocycles. The summed E-state index contributed by atoms with van der Waals surface area (Å²) in [7, 11) is 0. The summed E-state index contributed by atoms with van der Waals surface area (Å²) < 4.78 is 11.4. The van der Waals surface area contributed by atoms with Crippen LogP contribution >= 0.6 is 11.6 Å². The number of carbonyl (C=O) groups excluding carboxylic acids is 3. The van der Waals surface area contributed by atoms with Gasteiger partial charge in [-0.2, -0.15) is 0 Å². The van der Waals surface area contributed by atoms with E-state index in [1.54, 1.807) is 19.1 Å². The number of anilines is 1. The van der Waals surface area contributed by atoms with Crippen LogP contribution in [0.1, 0.15) is 25.3 Å². The molecule has 0 aromatic heterocycles. The van der Waals surface area contributed by atoms with Crippen LogP contribution in [-0.2, 0) is 23.9 Å². The Hall–Kier alpha value is -2.16. The summed E-state index contributed by atoms with van der Waals surface area (Å²) in [6, 6.07) is 4.31. The average Bonchev–Trinajstić information content (AvgIpc) is 3.33. The van der Waals surface area contributed by atoms with Gasteiger partial charge >= 0.3 is 5.97 Å². The summed E-state index contributed by atoms with van der Waals surface area (Å²) in [6.07, 6.45) is 0.590. The van der Waals surface area contributed by atoms with E-state index in [-0.39, 0.29) is 25.7 Å². The SMILES string of the molecule is CCOC(=O)[C@@H]1[C@@H]2CCC3(O2)C(C(=O)Nc2c(C)cccc2Cl)N(CCO)C(=O)[C@H]13. The smallest absolute Gasteiger partial charge is 0.312 e. The number of carbonyl (C=O) groups is 3. The second-order valence-electron chi connectivity index (χ2n) is 7.98. The zero-order chi connectivity index (χ0) is 21.6. The number of ether oxygens (including phenoxy) is 2. The van der Waals surface area contributed by atoms with Gasteiger partial charge in [0, 0.05) is 6.54 Å². The molecule has 0 saturated carbocycles. The molecule has 8 nitrogen and oxygen atoms in total. The highest BCUT2D eigenvalue weighted by Gasteiger charge is 2.74. The van der Waals surface area contributed by atoms with Gasteiger partial charge in [-0.25, -0.2) is 0 Å². The van der Waals surface area contributed by atoms with Gasteiger partial charge in [-0.1, -0.05) is 23.7 Å². The fourth-order valence-electron chi connectivity index (χ4n) is 5.29. The number of rotatable bonds is 6. The lowest BCUT2D eigenvalue weighted by Crippen LogP contribution is -2.53. The zero-order valence-electron chi connectivity index (χ0n) is 16.9. The second kappa shape index (κ2) is 7.83. The first-order valence-electron chi connectivity index (χ1n) is 10.2. The standard InChI is InChI=1S/C21H25ClN2O6/c1-3-29-20(28)14-13-7-8-21(30-13)15(14)19(27)24(9-10-25)17(21)18(26)23-16-11(2)5-4-6-12(16)22/h4-6,13-15,17,25H,3,7-10H2,1-2H3,(H,23,26)/t13-,14+,15-,17?,21?/m0/s1. The fourth-order valence-corrected chi connectivity index (χ4v) is 5.56. The van der Waals surface area contributed by atoms with Gasteiger partial charge in [0.15, 0.2) is 0 Å². The fraction of sp³-hybridized carbons (Fsp3) is 0.571. The summed E-state index contributed by atoms with van der Waals surface area (Å²) in [5.74, 6) is -2.83. The lowest BCUT2D eigenvalue weighted by atomic mass is 9.71. The highest BCUT2D eigenvalue weighted by molar-refractivity contribution is 6.34. The molecular formula is C21H25ClN2O6. The number of benzene rings is 1. The Balaban J connectivity index is 1.71. The highest BCUT2D eigenvalue weighted by Crippen LogP contribution is 2.58. The third-order valence-corrected chi connectivity index (χ3v) is 6.73. The Kier molecular flexibility index (Phi) is 5.50. The third-order valence-electron chi connectivity index (χ3n) is 6.42. The number of hydrogen-bond donors (Lipinski definition) is 2. The van der Waals surface area contributed by atoms with E-state index in [0.29, 0.717) is 23.6 Å². The van der Waals surface area contributed by atoms with Crippen molar-refractivity contribution in [2.24, 2.45) is 11.8 Å². The zero-order valence-corrected chi connectivity index (χ0v) is 17.6. The summed E-state index contributed by atoms with van der Waals surface area (Å²) in [4.78, 5) is 40.7. The number of likely N-dealkylation sites (tertiary alicyclic amines) is 1. The molecule has 4 rings (SSSR count). The van der Waals surface area contributed by atoms with Gasteiger partial charge in [0.25, 0.3) is 0 Å². The van der Waals surface area contributed by atoms with Crippen molar-refractivity contribution in [1.29, 1.82) is 0 Å². The third kappa shape index (κ3) is 3.01. The van der Waals surface area contributed by atoms with E-state index in [1.807, 2.05) is 13.0 Å². The first kappa shape index (κ1) is 21.1. The van der Waals surface area contributed by atoms with Gasteiger partial charge in [0.05, 0.1) is 41.9 Å². The van der Waals surface area contributed by atoms with Crippen LogP contribution in [0, 0.1) is 18.8 Å². The maximum atomic E-state index is 13.4. The van der Waals surface area contributed by atoms with E-state index < -0.39 is 41.5 Å². The van der Waals surface area contributed by atoms with Crippen molar-refractivity contribution in [3.63, 3.8) is 0 Å². The molecule has 30 heavy (non-hydrogen) atoms. The van der Waals surface area contributed by atoms with Crippen molar-refractivity contribution in [2.45, 2.75) is 44.4 Å². The number of para-hydroxylation sites is 1. The molecule has 3 aliphatic rings. The number of β-amino-alcohol motifs (C(OH)–C–C–N with tert-alkyl or cyclic N) is 1. The Morgan fingerprint density at radius 1 is 1.43 bits per heavy atom. The van der Waals surface area contributed by atoms with E-state index in [9.17, 15) is 19.5 Å². The summed E-state index contributed by atoms with van der Waals surface area (Å²) >= 11 is 6.27. The minimum atomic E-state index is -1.12. The summed E-state index contributed by atoms with van der Waals surface area (Å²) in [6.45, 7) is 3.39. The average molecular weight is 437 g/mol. The summed E-state index contributed by atoms with van der Waals surface area (Å²) in [5, 5.41) is 12.8. The van der Waals surface area contributed by atoms with Crippen molar-refractivity contribution in [3.05, 3.63) is 28.8 Å². The molecule has 9 heteroatoms. The number of nitrogens with zero attached hydrogens (tertiary/aromatic N) is 1. The number of nitrogens with one attached hydrogen (secondary N) is 1. The number of aliphatic hydroxyl groups excluding tert-OH is 1. The van der Waals surface area contributed by atoms with Crippen LogP contribution in [0.15, 0.2) is 18.2 Å². The Morgan fingerprint density at radius 2 is 2.20 bits per heavy atom. The van der Waals surface area contributed by atoms with Crippen molar-refractivity contribution in [1.82, 2.24) is 4.90 Å². The van der Waals surface area contributed by atoms with Crippen molar-refractivity contribution < 1.29 is 29.0 Å². The van der Waals surface area contributed by atoms with Crippen LogP contribution in [0.5, 0.6) is 0 Å². The first-order valence-corrected chi connectivity index (χ1v) is 10.5. The van der Waals surface area contributed by atoms with Gasteiger partial charge in [-0.3, -0.25) is 14.4 Å². The van der Waals surface area contributed by atoms with E-state index in [1.165, 1.54) is 4.90 Å². The molecule has 1 spiro atoms. The number of esters is 1. The molecular weight excluding hydrogens is 412 g/mol. The van der Waals surface area contributed by atoms with Gasteiger partial charge < -0.3 is 24.8 Å². The van der Waals surface area contributed by atoms with Gasteiger partial charge in [-0.05, 0) is 38.3 Å². The van der Waals surface area contributed by atoms with E-state index >= 15 is 0 Å². The number of hydrogen-bond acceptors (Lipinski definition) is 6. The van der Waals surface area contributed by atoms with Crippen molar-refractivity contribution >= 4 is 35.1 Å². The maximum absolute atomic E-state index is 13.4. The molecule has 3 aliphatic heterocycles. The number of fused-ring (bicyclic) bond motifs is 1. The largest absolute Gasteiger partial charge is 0.466 e. The number of aryl methyl sites for hydroxylation is 1. The highest BCUT2D eigenvalue weighted by atomic mass is 35.5. The number of amides is 2. The molecule has 2 amide bonds. The molecule has 0 aliphatic carbocycles. The second-order valence-corrected chi connectivity index (χ2v) is 8.39. The summed E-state index contributed by atoms with van der Waals surface area (Å²) in [5.41, 5.74) is 0.131. The normalized spacial score (nSPS) is 31.7. The lowest BCUT2D eigenvalue weighted by molar-refractivity contribution is -0.154. The molecule has 0 radical (unpaired) electrons. The van der Waals surface area contributed by atoms with Crippen LogP contribution in [-0.4, -0.2) is 65.3 Å². The van der Waals surface area contributed by atoms with E-state index in [4.69, 9.17) is 21.1 Å². The predicted octanol–water partition coefficient (Wildman–Crippen LogP) is 1.52. The van der Waals surface area contributed by atoms with Crippen LogP contribution in [0.25, 0.3) is 0 Å². The predicted molar refractivity (Wildman–Crippen MR) is 108 cm³/mol. The molecule has 162 valence electrons. The number of halogens is 1. The quantitative estimate of drug-likeness (QED) is 0.655. The minimum Gasteiger partial charge on any atom is -0.466 e. The van der Waals surface area contributed by atoms with E-state index in [2.05, 4.69) is 5.32 Å². The molecule has 3 heterocycles. The monoisotopic (exact) mass is 436 g/mol. The van der Waals surface area contributed by atoms with Crippen molar-refractivity contribution in [3.8, 4) is 0 Å². The van der Waals surface area contributed by atoms with Crippen molar-refractivity contribution in [2.75, 3.05) is 25.1 Å². The van der Waals surface area contributed by atoms with Crippen LogP contribution < -0.4 is 5.32 Å². The Morgan fingerprint density at radius 3 is 2.87 bits per heavy atom. The Labute approximate surface area is 179 Å². The molecule has 3 fully saturated rings. The number of aliphatic hydroxyl groups is 1. The molecule has 2 bridgehead atoms. The topological polar surface area (TPSA) is 105 Å². The van der Waals surface area contributed by atoms with Gasteiger partial charge in [-0.15, -0.1) is 0 Å². The molecule has 1 aromatic rings. The molecule has 5 atom stereocenters. The van der Waals surface area contributed by atoms with E-state index in [0.717, 1.165) is 5.56 Å². The van der Waals surface area contributed by atoms with Gasteiger partial charge in [0.1, 0.15) is 11.6 Å². The molecule has 2 N–H and O–H groups in total. The molecule has 2 unspecified atom stereocenters. The maximum Gasteiger partial charge on any atom is 0.312 e. The van der Waals surface area contributed by atoms with Crippen LogP contribution in [0.4, 0.5) is 5.69 Å². The lowest BCUT2D eigenvalue weighted by Gasteiger charge is -2.33. The van der Waals surface area contributed by atoms with Gasteiger partial charge in [0.2, 0.25) is 11.8 Å². The molecule has 3 saturated heterocycles. The first-order chi connectivity index (χ1) is 14.4. The Bertz CT molecular complexity index is 872. The van der Waals surface area contributed by atoms with Crippen LogP contribution in [0.2, 0.25) is 5.02 Å².